The fourth-order valence-corrected chi connectivity index (χ4v) is 4.01. The molecule has 0 unspecified atom stereocenters. The van der Waals surface area contributed by atoms with Gasteiger partial charge in [-0.05, 0) is 35.6 Å². The molecule has 0 fully saturated rings. The molecule has 1 atom stereocenters. The van der Waals surface area contributed by atoms with E-state index in [1.165, 1.54) is 12.7 Å². The second kappa shape index (κ2) is 8.60. The smallest absolute Gasteiger partial charge is 0.337 e. The van der Waals surface area contributed by atoms with E-state index in [1.807, 2.05) is 12.1 Å². The second-order valence-corrected chi connectivity index (χ2v) is 8.15. The van der Waals surface area contributed by atoms with Crippen molar-refractivity contribution >= 4 is 5.97 Å². The Morgan fingerprint density at radius 1 is 1.22 bits per heavy atom. The zero-order valence-corrected chi connectivity index (χ0v) is 18.2. The Balaban J connectivity index is 1.80. The molecule has 2 aromatic carbocycles. The summed E-state index contributed by atoms with van der Waals surface area (Å²) in [4.78, 5) is 11.8. The van der Waals surface area contributed by atoms with Gasteiger partial charge in [-0.3, -0.25) is 5.10 Å². The Kier molecular flexibility index (Phi) is 5.69. The van der Waals surface area contributed by atoms with Crippen LogP contribution < -0.4 is 10.5 Å². The third-order valence-corrected chi connectivity index (χ3v) is 5.49. The highest BCUT2D eigenvalue weighted by atomic mass is 16.5. The standard InChI is InChI=1S/C25H24N4O3/c1-14(2)12-15-4-6-17(7-5-15)22-21-20(16-8-10-18(11-9-16)25(30)31-3)19(13-26)23(27)32-24(21)29-28-22/h4-11,14,20H,12,27H2,1-3H3,(H,28,29)/t20-/m0/s1. The molecule has 1 aromatic heterocycles. The number of rotatable bonds is 5. The van der Waals surface area contributed by atoms with Crippen LogP contribution in [0, 0.1) is 17.2 Å². The number of nitriles is 1. The second-order valence-electron chi connectivity index (χ2n) is 8.15. The van der Waals surface area contributed by atoms with Gasteiger partial charge < -0.3 is 15.2 Å². The van der Waals surface area contributed by atoms with Gasteiger partial charge in [0.05, 0.1) is 29.8 Å². The highest BCUT2D eigenvalue weighted by Crippen LogP contribution is 2.45. The van der Waals surface area contributed by atoms with E-state index in [4.69, 9.17) is 15.2 Å². The number of hydrogen-bond donors (Lipinski definition) is 2. The van der Waals surface area contributed by atoms with Crippen molar-refractivity contribution in [2.24, 2.45) is 11.7 Å². The number of fused-ring (bicyclic) bond motifs is 1. The van der Waals surface area contributed by atoms with Gasteiger partial charge in [0.2, 0.25) is 11.8 Å². The van der Waals surface area contributed by atoms with Gasteiger partial charge in [-0.2, -0.15) is 5.26 Å². The third kappa shape index (κ3) is 3.83. The minimum absolute atomic E-state index is 0.0207. The summed E-state index contributed by atoms with van der Waals surface area (Å²) < 4.78 is 10.4. The van der Waals surface area contributed by atoms with E-state index in [-0.39, 0.29) is 5.88 Å². The number of aromatic nitrogens is 2. The molecule has 0 spiro atoms. The summed E-state index contributed by atoms with van der Waals surface area (Å²) in [5.41, 5.74) is 11.2. The molecule has 7 nitrogen and oxygen atoms in total. The number of nitrogens with zero attached hydrogens (tertiary/aromatic N) is 2. The van der Waals surface area contributed by atoms with E-state index in [9.17, 15) is 10.1 Å². The molecular formula is C25H24N4O3. The van der Waals surface area contributed by atoms with Crippen molar-refractivity contribution in [2.75, 3.05) is 7.11 Å². The van der Waals surface area contributed by atoms with Crippen molar-refractivity contribution in [3.8, 4) is 23.2 Å². The number of nitrogens with one attached hydrogen (secondary N) is 1. The lowest BCUT2D eigenvalue weighted by Gasteiger charge is -2.24. The number of methoxy groups -OCH3 is 1. The average molecular weight is 428 g/mol. The molecule has 1 aliphatic rings. The van der Waals surface area contributed by atoms with E-state index in [1.54, 1.807) is 24.3 Å². The lowest BCUT2D eigenvalue weighted by Crippen LogP contribution is -2.21. The normalized spacial score (nSPS) is 15.2. The fourth-order valence-electron chi connectivity index (χ4n) is 4.01. The summed E-state index contributed by atoms with van der Waals surface area (Å²) in [6, 6.07) is 17.4. The van der Waals surface area contributed by atoms with Gasteiger partial charge in [0.15, 0.2) is 0 Å². The van der Waals surface area contributed by atoms with Gasteiger partial charge >= 0.3 is 5.97 Å². The summed E-state index contributed by atoms with van der Waals surface area (Å²) >= 11 is 0. The molecule has 0 aliphatic carbocycles. The van der Waals surface area contributed by atoms with Crippen LogP contribution in [-0.2, 0) is 11.2 Å². The van der Waals surface area contributed by atoms with Gasteiger partial charge in [0.1, 0.15) is 11.6 Å². The zero-order valence-electron chi connectivity index (χ0n) is 18.2. The summed E-state index contributed by atoms with van der Waals surface area (Å²) in [5.74, 6) is 0.0137. The molecule has 0 bridgehead atoms. The van der Waals surface area contributed by atoms with E-state index < -0.39 is 11.9 Å². The van der Waals surface area contributed by atoms with Crippen molar-refractivity contribution in [3.63, 3.8) is 0 Å². The quantitative estimate of drug-likeness (QED) is 0.586. The van der Waals surface area contributed by atoms with Crippen molar-refractivity contribution in [1.29, 1.82) is 5.26 Å². The lowest BCUT2D eigenvalue weighted by molar-refractivity contribution is 0.0600. The first-order valence-electron chi connectivity index (χ1n) is 10.4. The molecule has 4 rings (SSSR count). The minimum Gasteiger partial charge on any atom is -0.465 e. The van der Waals surface area contributed by atoms with Gasteiger partial charge in [0.25, 0.3) is 0 Å². The van der Waals surface area contributed by atoms with Crippen LogP contribution in [0.15, 0.2) is 60.0 Å². The van der Waals surface area contributed by atoms with Gasteiger partial charge in [0, 0.05) is 5.56 Å². The van der Waals surface area contributed by atoms with Crippen LogP contribution in [0.3, 0.4) is 0 Å². The first kappa shape index (κ1) is 21.2. The molecule has 0 saturated carbocycles. The van der Waals surface area contributed by atoms with Crippen LogP contribution in [0.25, 0.3) is 11.3 Å². The Bertz CT molecular complexity index is 1220. The van der Waals surface area contributed by atoms with Crippen LogP contribution in [0.5, 0.6) is 5.88 Å². The molecule has 162 valence electrons. The maximum atomic E-state index is 11.8. The van der Waals surface area contributed by atoms with Crippen molar-refractivity contribution in [3.05, 3.63) is 82.2 Å². The topological polar surface area (TPSA) is 114 Å². The van der Waals surface area contributed by atoms with E-state index in [2.05, 4.69) is 42.2 Å². The minimum atomic E-state index is -0.487. The Morgan fingerprint density at radius 3 is 2.50 bits per heavy atom. The van der Waals surface area contributed by atoms with Crippen LogP contribution in [0.4, 0.5) is 0 Å². The average Bonchev–Trinajstić information content (AvgIpc) is 3.21. The number of ether oxygens (including phenoxy) is 2. The number of H-pyrrole nitrogens is 1. The predicted octanol–water partition coefficient (Wildman–Crippen LogP) is 4.28. The molecule has 1 aliphatic heterocycles. The molecule has 0 radical (unpaired) electrons. The largest absolute Gasteiger partial charge is 0.465 e. The number of benzene rings is 2. The van der Waals surface area contributed by atoms with E-state index in [0.717, 1.165) is 28.8 Å². The van der Waals surface area contributed by atoms with Crippen molar-refractivity contribution < 1.29 is 14.3 Å². The molecule has 3 aromatic rings. The SMILES string of the molecule is COC(=O)c1ccc([C@H]2C(C#N)=C(N)Oc3n[nH]c(-c4ccc(CC(C)C)cc4)c32)cc1. The number of carbonyl (C=O) groups is 1. The first-order valence-corrected chi connectivity index (χ1v) is 10.4. The molecule has 2 heterocycles. The highest BCUT2D eigenvalue weighted by molar-refractivity contribution is 5.89. The molecule has 32 heavy (non-hydrogen) atoms. The maximum absolute atomic E-state index is 11.8. The number of hydrogen-bond acceptors (Lipinski definition) is 6. The Labute approximate surface area is 186 Å². The van der Waals surface area contributed by atoms with Gasteiger partial charge in [-0.1, -0.05) is 50.2 Å². The number of carbonyl (C=O) groups excluding carboxylic acids is 1. The van der Waals surface area contributed by atoms with Crippen molar-refractivity contribution in [1.82, 2.24) is 10.2 Å². The van der Waals surface area contributed by atoms with Gasteiger partial charge in [-0.15, -0.1) is 5.10 Å². The molecule has 3 N–H and O–H groups in total. The van der Waals surface area contributed by atoms with Crippen LogP contribution in [-0.4, -0.2) is 23.3 Å². The summed E-state index contributed by atoms with van der Waals surface area (Å²) in [6.45, 7) is 4.37. The number of esters is 1. The van der Waals surface area contributed by atoms with Crippen LogP contribution in [0.1, 0.15) is 46.8 Å². The van der Waals surface area contributed by atoms with Crippen molar-refractivity contribution in [2.45, 2.75) is 26.2 Å². The molecule has 7 heteroatoms. The summed E-state index contributed by atoms with van der Waals surface area (Å²) in [5, 5.41) is 17.2. The number of aromatic amines is 1. The predicted molar refractivity (Wildman–Crippen MR) is 120 cm³/mol. The third-order valence-electron chi connectivity index (χ3n) is 5.49. The Hall–Kier alpha value is -4.05. The summed E-state index contributed by atoms with van der Waals surface area (Å²) in [6.07, 6.45) is 0.998. The fraction of sp³-hybridized carbons (Fsp3) is 0.240. The molecular weight excluding hydrogens is 404 g/mol. The van der Waals surface area contributed by atoms with Crippen LogP contribution in [0.2, 0.25) is 0 Å². The maximum Gasteiger partial charge on any atom is 0.337 e. The first-order chi connectivity index (χ1) is 15.4. The van der Waals surface area contributed by atoms with Crippen LogP contribution >= 0.6 is 0 Å². The number of nitrogens with two attached hydrogens (primary N) is 1. The molecule has 0 saturated heterocycles. The Morgan fingerprint density at radius 2 is 1.91 bits per heavy atom. The molecule has 0 amide bonds. The van der Waals surface area contributed by atoms with Gasteiger partial charge in [-0.25, -0.2) is 4.79 Å². The lowest BCUT2D eigenvalue weighted by atomic mass is 9.82. The number of allylic oxidation sites excluding steroid dienone is 1. The zero-order chi connectivity index (χ0) is 22.8. The van der Waals surface area contributed by atoms with E-state index >= 15 is 0 Å². The van der Waals surface area contributed by atoms with E-state index in [0.29, 0.717) is 22.9 Å². The summed E-state index contributed by atoms with van der Waals surface area (Å²) in [7, 11) is 1.34. The highest BCUT2D eigenvalue weighted by Gasteiger charge is 2.35. The monoisotopic (exact) mass is 428 g/mol.